The summed E-state index contributed by atoms with van der Waals surface area (Å²) in [5.41, 5.74) is 8.30. The van der Waals surface area contributed by atoms with Crippen LogP contribution in [0, 0.1) is 0 Å². The lowest BCUT2D eigenvalue weighted by Gasteiger charge is -2.26. The van der Waals surface area contributed by atoms with E-state index in [1.807, 2.05) is 11.3 Å². The molecule has 0 saturated carbocycles. The van der Waals surface area contributed by atoms with Crippen LogP contribution in [0.15, 0.2) is 176 Å². The highest BCUT2D eigenvalue weighted by Gasteiger charge is 2.16. The quantitative estimate of drug-likeness (QED) is 0.189. The molecule has 0 unspecified atom stereocenters. The first kappa shape index (κ1) is 26.7. The molecule has 0 fully saturated rings. The van der Waals surface area contributed by atoms with Gasteiger partial charge in [0.15, 0.2) is 0 Å². The summed E-state index contributed by atoms with van der Waals surface area (Å²) in [6.07, 6.45) is 0. The summed E-state index contributed by atoms with van der Waals surface area (Å²) >= 11 is 1.86. The third kappa shape index (κ3) is 4.63. The molecular weight excluding hydrogens is 575 g/mol. The zero-order valence-corrected chi connectivity index (χ0v) is 25.9. The Bertz CT molecular complexity index is 2520. The molecule has 0 aliphatic heterocycles. The zero-order valence-electron chi connectivity index (χ0n) is 25.1. The minimum atomic E-state index is 1.13. The Hall–Kier alpha value is -5.70. The standard InChI is InChI=1S/C44H29NS/c1-2-10-34-28-35(17-16-30(34)8-1)31-18-22-36(23-19-31)45(38-26-27-44-42(29-38)41-13-5-6-15-43(41)46-44)37-24-20-33(21-25-37)40-14-7-11-32-9-3-4-12-39(32)40/h1-29H. The minimum absolute atomic E-state index is 1.13. The molecule has 46 heavy (non-hydrogen) atoms. The van der Waals surface area contributed by atoms with Gasteiger partial charge < -0.3 is 4.90 Å². The van der Waals surface area contributed by atoms with Crippen molar-refractivity contribution >= 4 is 70.1 Å². The first-order valence-electron chi connectivity index (χ1n) is 15.7. The third-order valence-corrected chi connectivity index (χ3v) is 10.2. The van der Waals surface area contributed by atoms with Crippen molar-refractivity contribution < 1.29 is 0 Å². The summed E-state index contributed by atoms with van der Waals surface area (Å²) in [4.78, 5) is 2.38. The average molecular weight is 604 g/mol. The number of fused-ring (bicyclic) bond motifs is 5. The fourth-order valence-electron chi connectivity index (χ4n) is 6.74. The molecule has 0 spiro atoms. The van der Waals surface area contributed by atoms with Crippen LogP contribution in [-0.4, -0.2) is 0 Å². The molecule has 2 heteroatoms. The van der Waals surface area contributed by atoms with E-state index in [1.54, 1.807) is 0 Å². The topological polar surface area (TPSA) is 3.24 Å². The lowest BCUT2D eigenvalue weighted by atomic mass is 9.98. The highest BCUT2D eigenvalue weighted by molar-refractivity contribution is 7.25. The molecule has 0 saturated heterocycles. The Morgan fingerprint density at radius 3 is 1.72 bits per heavy atom. The van der Waals surface area contributed by atoms with Gasteiger partial charge in [-0.3, -0.25) is 0 Å². The number of hydrogen-bond acceptors (Lipinski definition) is 2. The van der Waals surface area contributed by atoms with E-state index in [4.69, 9.17) is 0 Å². The molecule has 0 radical (unpaired) electrons. The number of benzene rings is 8. The van der Waals surface area contributed by atoms with E-state index in [9.17, 15) is 0 Å². The first-order valence-corrected chi connectivity index (χ1v) is 16.5. The van der Waals surface area contributed by atoms with Crippen molar-refractivity contribution in [2.45, 2.75) is 0 Å². The molecule has 0 amide bonds. The maximum Gasteiger partial charge on any atom is 0.0468 e. The Morgan fingerprint density at radius 2 is 0.913 bits per heavy atom. The Morgan fingerprint density at radius 1 is 0.326 bits per heavy atom. The van der Waals surface area contributed by atoms with Gasteiger partial charge in [0.1, 0.15) is 0 Å². The summed E-state index contributed by atoms with van der Waals surface area (Å²) in [5, 5.41) is 7.65. The van der Waals surface area contributed by atoms with Crippen LogP contribution in [0.2, 0.25) is 0 Å². The van der Waals surface area contributed by atoms with E-state index in [-0.39, 0.29) is 0 Å². The molecular formula is C44H29NS. The van der Waals surface area contributed by atoms with E-state index < -0.39 is 0 Å². The highest BCUT2D eigenvalue weighted by Crippen LogP contribution is 2.41. The Kier molecular flexibility index (Phi) is 6.40. The number of anilines is 3. The molecule has 9 aromatic rings. The van der Waals surface area contributed by atoms with Crippen molar-refractivity contribution in [1.82, 2.24) is 0 Å². The van der Waals surface area contributed by atoms with Crippen LogP contribution in [0.3, 0.4) is 0 Å². The summed E-state index contributed by atoms with van der Waals surface area (Å²) in [7, 11) is 0. The molecule has 0 aliphatic carbocycles. The zero-order chi connectivity index (χ0) is 30.5. The van der Waals surface area contributed by atoms with Crippen LogP contribution in [0.1, 0.15) is 0 Å². The van der Waals surface area contributed by atoms with E-state index in [0.29, 0.717) is 0 Å². The molecule has 1 heterocycles. The van der Waals surface area contributed by atoms with Crippen molar-refractivity contribution in [1.29, 1.82) is 0 Å². The van der Waals surface area contributed by atoms with E-state index >= 15 is 0 Å². The van der Waals surface area contributed by atoms with E-state index in [1.165, 1.54) is 64.0 Å². The van der Waals surface area contributed by atoms with E-state index in [0.717, 1.165) is 17.1 Å². The molecule has 1 nitrogen and oxygen atoms in total. The van der Waals surface area contributed by atoms with Gasteiger partial charge in [0.25, 0.3) is 0 Å². The lowest BCUT2D eigenvalue weighted by Crippen LogP contribution is -2.09. The smallest absolute Gasteiger partial charge is 0.0468 e. The predicted octanol–water partition coefficient (Wildman–Crippen LogP) is 13.2. The second-order valence-electron chi connectivity index (χ2n) is 11.8. The van der Waals surface area contributed by atoms with Crippen LogP contribution in [0.25, 0.3) is 64.0 Å². The fourth-order valence-corrected chi connectivity index (χ4v) is 7.83. The predicted molar refractivity (Wildman–Crippen MR) is 200 cm³/mol. The SMILES string of the molecule is c1ccc2cc(-c3ccc(N(c4ccc(-c5cccc6ccccc56)cc4)c4ccc5sc6ccccc6c5c4)cc3)ccc2c1. The molecule has 1 aromatic heterocycles. The van der Waals surface area contributed by atoms with Crippen LogP contribution in [-0.2, 0) is 0 Å². The van der Waals surface area contributed by atoms with Crippen LogP contribution in [0.4, 0.5) is 17.1 Å². The number of thiophene rings is 1. The summed E-state index contributed by atoms with van der Waals surface area (Å²) in [5.74, 6) is 0. The Balaban J connectivity index is 1.16. The second kappa shape index (κ2) is 11.0. The van der Waals surface area contributed by atoms with Gasteiger partial charge in [0, 0.05) is 37.2 Å². The van der Waals surface area contributed by atoms with Gasteiger partial charge in [-0.1, -0.05) is 121 Å². The van der Waals surface area contributed by atoms with Crippen molar-refractivity contribution in [3.63, 3.8) is 0 Å². The van der Waals surface area contributed by atoms with Crippen LogP contribution in [0.5, 0.6) is 0 Å². The Labute approximate surface area is 272 Å². The van der Waals surface area contributed by atoms with Crippen LogP contribution >= 0.6 is 11.3 Å². The number of nitrogens with zero attached hydrogens (tertiary/aromatic N) is 1. The lowest BCUT2D eigenvalue weighted by molar-refractivity contribution is 1.29. The van der Waals surface area contributed by atoms with Gasteiger partial charge in [-0.05, 0) is 98.4 Å². The first-order chi connectivity index (χ1) is 22.8. The van der Waals surface area contributed by atoms with Crippen molar-refractivity contribution in [2.75, 3.05) is 4.90 Å². The summed E-state index contributed by atoms with van der Waals surface area (Å²) in [6, 6.07) is 64.0. The molecule has 0 N–H and O–H groups in total. The monoisotopic (exact) mass is 603 g/mol. The van der Waals surface area contributed by atoms with Crippen molar-refractivity contribution in [3.8, 4) is 22.3 Å². The summed E-state index contributed by atoms with van der Waals surface area (Å²) < 4.78 is 2.63. The van der Waals surface area contributed by atoms with Crippen molar-refractivity contribution in [2.24, 2.45) is 0 Å². The molecule has 8 aromatic carbocycles. The van der Waals surface area contributed by atoms with Gasteiger partial charge in [0.2, 0.25) is 0 Å². The maximum atomic E-state index is 2.38. The third-order valence-electron chi connectivity index (χ3n) is 9.05. The van der Waals surface area contributed by atoms with Crippen molar-refractivity contribution in [3.05, 3.63) is 176 Å². The molecule has 0 bridgehead atoms. The van der Waals surface area contributed by atoms with Gasteiger partial charge in [-0.2, -0.15) is 0 Å². The normalized spacial score (nSPS) is 11.5. The summed E-state index contributed by atoms with van der Waals surface area (Å²) in [6.45, 7) is 0. The number of hydrogen-bond donors (Lipinski definition) is 0. The van der Waals surface area contributed by atoms with Gasteiger partial charge >= 0.3 is 0 Å². The largest absolute Gasteiger partial charge is 0.310 e. The van der Waals surface area contributed by atoms with E-state index in [2.05, 4.69) is 181 Å². The average Bonchev–Trinajstić information content (AvgIpc) is 3.50. The van der Waals surface area contributed by atoms with Gasteiger partial charge in [-0.15, -0.1) is 11.3 Å². The molecule has 216 valence electrons. The second-order valence-corrected chi connectivity index (χ2v) is 12.9. The highest BCUT2D eigenvalue weighted by atomic mass is 32.1. The van der Waals surface area contributed by atoms with Gasteiger partial charge in [-0.25, -0.2) is 0 Å². The van der Waals surface area contributed by atoms with Crippen LogP contribution < -0.4 is 4.90 Å². The molecule has 0 atom stereocenters. The molecule has 0 aliphatic rings. The number of rotatable bonds is 5. The fraction of sp³-hybridized carbons (Fsp3) is 0. The van der Waals surface area contributed by atoms with Gasteiger partial charge in [0.05, 0.1) is 0 Å². The minimum Gasteiger partial charge on any atom is -0.310 e. The molecule has 9 rings (SSSR count). The maximum absolute atomic E-state index is 2.38.